The van der Waals surface area contributed by atoms with Crippen LogP contribution in [0.2, 0.25) is 0 Å². The van der Waals surface area contributed by atoms with Crippen LogP contribution < -0.4 is 5.32 Å². The normalized spacial score (nSPS) is 27.8. The number of hydrogen-bond donors (Lipinski definition) is 1. The number of nitrogens with one attached hydrogen (secondary N) is 1. The van der Waals surface area contributed by atoms with Crippen LogP contribution >= 0.6 is 15.9 Å². The van der Waals surface area contributed by atoms with Gasteiger partial charge in [-0.3, -0.25) is 9.88 Å². The smallest absolute Gasteiger partial charge is 0.0410 e. The van der Waals surface area contributed by atoms with Gasteiger partial charge in [0.25, 0.3) is 0 Å². The number of hydrogen-bond acceptors (Lipinski definition) is 3. The Balaban J connectivity index is 1.74. The topological polar surface area (TPSA) is 28.2 Å². The molecule has 0 spiro atoms. The Bertz CT molecular complexity index is 493. The SMILES string of the molecule is CC(C)(C)C1CN(Cc2cncc(Br)c2)C(C2CC2)CN1. The highest BCUT2D eigenvalue weighted by atomic mass is 79.9. The van der Waals surface area contributed by atoms with Crippen molar-refractivity contribution in [2.45, 2.75) is 52.2 Å². The van der Waals surface area contributed by atoms with Crippen molar-refractivity contribution in [2.24, 2.45) is 11.3 Å². The first-order valence-corrected chi connectivity index (χ1v) is 8.79. The number of rotatable bonds is 3. The molecule has 2 heterocycles. The van der Waals surface area contributed by atoms with Crippen molar-refractivity contribution in [2.75, 3.05) is 13.1 Å². The molecule has 2 atom stereocenters. The maximum atomic E-state index is 4.31. The van der Waals surface area contributed by atoms with Gasteiger partial charge >= 0.3 is 0 Å². The second-order valence-corrected chi connectivity index (χ2v) is 8.59. The monoisotopic (exact) mass is 351 g/mol. The third kappa shape index (κ3) is 3.85. The highest BCUT2D eigenvalue weighted by Crippen LogP contribution is 2.38. The van der Waals surface area contributed by atoms with E-state index >= 15 is 0 Å². The average Bonchev–Trinajstić information content (AvgIpc) is 3.22. The van der Waals surface area contributed by atoms with Gasteiger partial charge in [0.15, 0.2) is 0 Å². The summed E-state index contributed by atoms with van der Waals surface area (Å²) in [4.78, 5) is 7.00. The van der Waals surface area contributed by atoms with Crippen molar-refractivity contribution in [1.82, 2.24) is 15.2 Å². The van der Waals surface area contributed by atoms with Gasteiger partial charge in [-0.05, 0) is 51.7 Å². The summed E-state index contributed by atoms with van der Waals surface area (Å²) in [5.41, 5.74) is 1.62. The molecule has 21 heavy (non-hydrogen) atoms. The minimum atomic E-state index is 0.308. The van der Waals surface area contributed by atoms with Crippen LogP contribution in [0.4, 0.5) is 0 Å². The van der Waals surface area contributed by atoms with Crippen molar-refractivity contribution >= 4 is 15.9 Å². The van der Waals surface area contributed by atoms with Gasteiger partial charge in [-0.15, -0.1) is 0 Å². The van der Waals surface area contributed by atoms with E-state index in [-0.39, 0.29) is 0 Å². The zero-order chi connectivity index (χ0) is 15.0. The molecule has 1 aliphatic heterocycles. The summed E-state index contributed by atoms with van der Waals surface area (Å²) in [6.07, 6.45) is 6.67. The van der Waals surface area contributed by atoms with E-state index in [4.69, 9.17) is 0 Å². The molecule has 0 radical (unpaired) electrons. The summed E-state index contributed by atoms with van der Waals surface area (Å²) in [6, 6.07) is 3.46. The van der Waals surface area contributed by atoms with E-state index in [0.29, 0.717) is 17.5 Å². The lowest BCUT2D eigenvalue weighted by atomic mass is 9.84. The maximum absolute atomic E-state index is 4.31. The Labute approximate surface area is 136 Å². The first-order valence-electron chi connectivity index (χ1n) is 8.00. The molecule has 1 saturated heterocycles. The lowest BCUT2D eigenvalue weighted by Crippen LogP contribution is -2.60. The van der Waals surface area contributed by atoms with E-state index in [1.165, 1.54) is 18.4 Å². The fraction of sp³-hybridized carbons (Fsp3) is 0.706. The summed E-state index contributed by atoms with van der Waals surface area (Å²) < 4.78 is 1.07. The van der Waals surface area contributed by atoms with Gasteiger partial charge in [-0.2, -0.15) is 0 Å². The maximum Gasteiger partial charge on any atom is 0.0410 e. The molecule has 3 nitrogen and oxygen atoms in total. The van der Waals surface area contributed by atoms with E-state index < -0.39 is 0 Å². The predicted molar refractivity (Wildman–Crippen MR) is 90.1 cm³/mol. The third-order valence-electron chi connectivity index (χ3n) is 4.82. The lowest BCUT2D eigenvalue weighted by molar-refractivity contribution is 0.0688. The lowest BCUT2D eigenvalue weighted by Gasteiger charge is -2.45. The Kier molecular flexibility index (Phi) is 4.40. The van der Waals surface area contributed by atoms with E-state index in [1.807, 2.05) is 12.4 Å². The van der Waals surface area contributed by atoms with Crippen LogP contribution in [0.5, 0.6) is 0 Å². The Morgan fingerprint density at radius 1 is 1.33 bits per heavy atom. The zero-order valence-electron chi connectivity index (χ0n) is 13.3. The second-order valence-electron chi connectivity index (χ2n) is 7.67. The number of aromatic nitrogens is 1. The van der Waals surface area contributed by atoms with Crippen molar-refractivity contribution in [3.05, 3.63) is 28.5 Å². The summed E-state index contributed by atoms with van der Waals surface area (Å²) in [7, 11) is 0. The van der Waals surface area contributed by atoms with E-state index in [9.17, 15) is 0 Å². The molecule has 4 heteroatoms. The van der Waals surface area contributed by atoms with Crippen molar-refractivity contribution < 1.29 is 0 Å². The number of pyridine rings is 1. The molecule has 1 saturated carbocycles. The van der Waals surface area contributed by atoms with Crippen LogP contribution in [-0.4, -0.2) is 35.1 Å². The zero-order valence-corrected chi connectivity index (χ0v) is 14.9. The summed E-state index contributed by atoms with van der Waals surface area (Å²) in [6.45, 7) is 10.3. The summed E-state index contributed by atoms with van der Waals surface area (Å²) in [5, 5.41) is 3.79. The molecule has 1 aliphatic carbocycles. The molecule has 0 amide bonds. The molecular formula is C17H26BrN3. The van der Waals surface area contributed by atoms with Gasteiger partial charge in [0, 0.05) is 48.6 Å². The van der Waals surface area contributed by atoms with Gasteiger partial charge < -0.3 is 5.32 Å². The molecule has 1 aromatic rings. The highest BCUT2D eigenvalue weighted by molar-refractivity contribution is 9.10. The fourth-order valence-corrected chi connectivity index (χ4v) is 3.72. The van der Waals surface area contributed by atoms with Crippen LogP contribution in [0.3, 0.4) is 0 Å². The summed E-state index contributed by atoms with van der Waals surface area (Å²) >= 11 is 3.53. The van der Waals surface area contributed by atoms with Crippen LogP contribution in [0.15, 0.2) is 22.9 Å². The summed E-state index contributed by atoms with van der Waals surface area (Å²) in [5.74, 6) is 0.901. The minimum Gasteiger partial charge on any atom is -0.311 e. The van der Waals surface area contributed by atoms with Crippen LogP contribution in [0.25, 0.3) is 0 Å². The first-order chi connectivity index (χ1) is 9.93. The minimum absolute atomic E-state index is 0.308. The van der Waals surface area contributed by atoms with Crippen LogP contribution in [-0.2, 0) is 6.54 Å². The predicted octanol–water partition coefficient (Wildman–Crippen LogP) is 3.44. The molecule has 2 fully saturated rings. The molecular weight excluding hydrogens is 326 g/mol. The Morgan fingerprint density at radius 2 is 2.10 bits per heavy atom. The quantitative estimate of drug-likeness (QED) is 0.903. The number of nitrogens with zero attached hydrogens (tertiary/aromatic N) is 2. The molecule has 2 unspecified atom stereocenters. The molecule has 3 rings (SSSR count). The Morgan fingerprint density at radius 3 is 2.71 bits per heavy atom. The molecule has 0 aromatic carbocycles. The first kappa shape index (κ1) is 15.4. The van der Waals surface area contributed by atoms with Gasteiger partial charge in [0.1, 0.15) is 0 Å². The van der Waals surface area contributed by atoms with Gasteiger partial charge in [0.2, 0.25) is 0 Å². The van der Waals surface area contributed by atoms with Crippen LogP contribution in [0.1, 0.15) is 39.2 Å². The molecule has 0 bridgehead atoms. The third-order valence-corrected chi connectivity index (χ3v) is 5.25. The largest absolute Gasteiger partial charge is 0.311 e. The van der Waals surface area contributed by atoms with Gasteiger partial charge in [0.05, 0.1) is 0 Å². The Hall–Kier alpha value is -0.450. The highest BCUT2D eigenvalue weighted by Gasteiger charge is 2.41. The van der Waals surface area contributed by atoms with Crippen molar-refractivity contribution in [3.8, 4) is 0 Å². The van der Waals surface area contributed by atoms with Crippen molar-refractivity contribution in [1.29, 1.82) is 0 Å². The fourth-order valence-electron chi connectivity index (χ4n) is 3.31. The van der Waals surface area contributed by atoms with E-state index in [1.54, 1.807) is 0 Å². The standard InChI is InChI=1S/C17H26BrN3/c1-17(2,3)16-11-21(15(9-20-16)13-4-5-13)10-12-6-14(18)8-19-7-12/h6-8,13,15-16,20H,4-5,9-11H2,1-3H3. The van der Waals surface area contributed by atoms with E-state index in [0.717, 1.165) is 30.0 Å². The van der Waals surface area contributed by atoms with Gasteiger partial charge in [-0.1, -0.05) is 20.8 Å². The molecule has 116 valence electrons. The van der Waals surface area contributed by atoms with Crippen molar-refractivity contribution in [3.63, 3.8) is 0 Å². The van der Waals surface area contributed by atoms with Gasteiger partial charge in [-0.25, -0.2) is 0 Å². The number of piperazine rings is 1. The van der Waals surface area contributed by atoms with Crippen LogP contribution in [0, 0.1) is 11.3 Å². The average molecular weight is 352 g/mol. The number of halogens is 1. The molecule has 1 aromatic heterocycles. The second kappa shape index (κ2) is 5.98. The molecule has 1 N–H and O–H groups in total. The van der Waals surface area contributed by atoms with E-state index in [2.05, 4.69) is 58.0 Å². The molecule has 2 aliphatic rings.